The van der Waals surface area contributed by atoms with E-state index >= 15 is 0 Å². The molecule has 2 aromatic rings. The summed E-state index contributed by atoms with van der Waals surface area (Å²) in [6.45, 7) is 1.30. The van der Waals surface area contributed by atoms with Crippen LogP contribution in [0.25, 0.3) is 11.4 Å². The van der Waals surface area contributed by atoms with Crippen LogP contribution in [0.4, 0.5) is 17.6 Å². The Morgan fingerprint density at radius 3 is 2.52 bits per heavy atom. The first-order valence-corrected chi connectivity index (χ1v) is 7.94. The van der Waals surface area contributed by atoms with Gasteiger partial charge in [-0.1, -0.05) is 11.2 Å². The van der Waals surface area contributed by atoms with Gasteiger partial charge in [0.1, 0.15) is 5.82 Å². The van der Waals surface area contributed by atoms with Gasteiger partial charge in [-0.05, 0) is 24.6 Å². The molecule has 0 atom stereocenters. The minimum absolute atomic E-state index is 0.128. The molecule has 0 unspecified atom stereocenters. The second kappa shape index (κ2) is 6.24. The normalized spacial score (nSPS) is 12.6. The summed E-state index contributed by atoms with van der Waals surface area (Å²) < 4.78 is 80.0. The molecule has 0 aliphatic heterocycles. The summed E-state index contributed by atoms with van der Waals surface area (Å²) in [5.41, 5.74) is 0.00848. The number of hydrogen-bond donors (Lipinski definition) is 1. The molecule has 23 heavy (non-hydrogen) atoms. The maximum Gasteiger partial charge on any atom is 0.471 e. The third-order valence-corrected chi connectivity index (χ3v) is 4.16. The molecule has 0 aliphatic carbocycles. The van der Waals surface area contributed by atoms with Crippen molar-refractivity contribution < 1.29 is 30.5 Å². The van der Waals surface area contributed by atoms with E-state index in [2.05, 4.69) is 19.4 Å². The number of hydrogen-bond acceptors (Lipinski definition) is 5. The summed E-state index contributed by atoms with van der Waals surface area (Å²) in [6, 6.07) is 3.48. The Morgan fingerprint density at radius 2 is 2.00 bits per heavy atom. The molecule has 0 spiro atoms. The van der Waals surface area contributed by atoms with Gasteiger partial charge in [0.15, 0.2) is 0 Å². The standard InChI is InChI=1S/C12H11F4N3O3S/c1-2-23(20,21)17-6-7-3-4-8(9(13)5-7)10-18-11(22-19-10)12(14,15)16/h3-5,17H,2,6H2,1H3. The topological polar surface area (TPSA) is 85.1 Å². The van der Waals surface area contributed by atoms with Crippen molar-refractivity contribution >= 4 is 10.0 Å². The van der Waals surface area contributed by atoms with Gasteiger partial charge in [-0.3, -0.25) is 0 Å². The van der Waals surface area contributed by atoms with E-state index in [-0.39, 0.29) is 17.9 Å². The first-order chi connectivity index (χ1) is 10.6. The number of nitrogens with zero attached hydrogens (tertiary/aromatic N) is 2. The molecule has 0 bridgehead atoms. The lowest BCUT2D eigenvalue weighted by atomic mass is 10.1. The molecule has 1 heterocycles. The minimum Gasteiger partial charge on any atom is -0.329 e. The molecule has 0 saturated carbocycles. The van der Waals surface area contributed by atoms with E-state index < -0.39 is 33.7 Å². The van der Waals surface area contributed by atoms with Crippen molar-refractivity contribution in [2.24, 2.45) is 0 Å². The predicted octanol–water partition coefficient (Wildman–Crippen LogP) is 2.33. The van der Waals surface area contributed by atoms with E-state index in [0.717, 1.165) is 12.1 Å². The Bertz CT molecular complexity index is 802. The number of aromatic nitrogens is 2. The molecule has 126 valence electrons. The van der Waals surface area contributed by atoms with Crippen LogP contribution < -0.4 is 4.72 Å². The molecule has 1 N–H and O–H groups in total. The SMILES string of the molecule is CCS(=O)(=O)NCc1ccc(-c2noc(C(F)(F)F)n2)c(F)c1. The quantitative estimate of drug-likeness (QED) is 0.834. The van der Waals surface area contributed by atoms with Crippen LogP contribution in [0.2, 0.25) is 0 Å². The molecule has 1 aromatic carbocycles. The fourth-order valence-corrected chi connectivity index (χ4v) is 2.18. The average molecular weight is 353 g/mol. The van der Waals surface area contributed by atoms with E-state index in [1.165, 1.54) is 13.0 Å². The van der Waals surface area contributed by atoms with Crippen LogP contribution >= 0.6 is 0 Å². The van der Waals surface area contributed by atoms with Crippen LogP contribution in [0.15, 0.2) is 22.7 Å². The van der Waals surface area contributed by atoms with Gasteiger partial charge >= 0.3 is 12.1 Å². The lowest BCUT2D eigenvalue weighted by molar-refractivity contribution is -0.159. The van der Waals surface area contributed by atoms with Crippen LogP contribution in [0, 0.1) is 5.82 Å². The monoisotopic (exact) mass is 353 g/mol. The summed E-state index contributed by atoms with van der Waals surface area (Å²) in [4.78, 5) is 3.09. The third-order valence-electron chi connectivity index (χ3n) is 2.82. The van der Waals surface area contributed by atoms with Crippen LogP contribution in [-0.4, -0.2) is 24.3 Å². The molecule has 2 rings (SSSR count). The van der Waals surface area contributed by atoms with Crippen LogP contribution in [0.3, 0.4) is 0 Å². The Kier molecular flexibility index (Phi) is 4.71. The van der Waals surface area contributed by atoms with E-state index in [0.29, 0.717) is 5.56 Å². The van der Waals surface area contributed by atoms with Crippen molar-refractivity contribution in [2.45, 2.75) is 19.6 Å². The Morgan fingerprint density at radius 1 is 1.30 bits per heavy atom. The second-order valence-corrected chi connectivity index (χ2v) is 6.56. The number of rotatable bonds is 5. The van der Waals surface area contributed by atoms with Crippen molar-refractivity contribution in [1.82, 2.24) is 14.9 Å². The summed E-state index contributed by atoms with van der Waals surface area (Å²) in [7, 11) is -3.44. The molecular formula is C12H11F4N3O3S. The fourth-order valence-electron chi connectivity index (χ4n) is 1.59. The molecule has 0 aliphatic rings. The van der Waals surface area contributed by atoms with Gasteiger partial charge < -0.3 is 4.52 Å². The molecule has 0 saturated heterocycles. The summed E-state index contributed by atoms with van der Waals surface area (Å²) in [5, 5.41) is 3.08. The van der Waals surface area contributed by atoms with Crippen LogP contribution in [-0.2, 0) is 22.7 Å². The molecule has 0 amide bonds. The van der Waals surface area contributed by atoms with Gasteiger partial charge in [-0.2, -0.15) is 18.2 Å². The van der Waals surface area contributed by atoms with Crippen molar-refractivity contribution in [3.8, 4) is 11.4 Å². The maximum atomic E-state index is 14.0. The molecule has 1 aromatic heterocycles. The summed E-state index contributed by atoms with van der Waals surface area (Å²) in [5.74, 6) is -3.15. The smallest absolute Gasteiger partial charge is 0.329 e. The zero-order valence-corrected chi connectivity index (χ0v) is 12.5. The van der Waals surface area contributed by atoms with Crippen molar-refractivity contribution in [3.05, 3.63) is 35.5 Å². The molecule has 0 fully saturated rings. The number of nitrogens with one attached hydrogen (secondary N) is 1. The van der Waals surface area contributed by atoms with Crippen molar-refractivity contribution in [1.29, 1.82) is 0 Å². The molecule has 11 heteroatoms. The summed E-state index contributed by atoms with van der Waals surface area (Å²) >= 11 is 0. The maximum absolute atomic E-state index is 14.0. The Hall–Kier alpha value is -2.01. The highest BCUT2D eigenvalue weighted by atomic mass is 32.2. The highest BCUT2D eigenvalue weighted by Gasteiger charge is 2.38. The number of halogens is 4. The first-order valence-electron chi connectivity index (χ1n) is 6.29. The lowest BCUT2D eigenvalue weighted by Gasteiger charge is -2.06. The second-order valence-electron chi connectivity index (χ2n) is 4.46. The van der Waals surface area contributed by atoms with Gasteiger partial charge in [0.05, 0.1) is 11.3 Å². The first kappa shape index (κ1) is 17.3. The van der Waals surface area contributed by atoms with Gasteiger partial charge in [0.25, 0.3) is 0 Å². The van der Waals surface area contributed by atoms with Gasteiger partial charge in [-0.15, -0.1) is 0 Å². The number of sulfonamides is 1. The Balaban J connectivity index is 2.21. The van der Waals surface area contributed by atoms with Gasteiger partial charge in [0, 0.05) is 6.54 Å². The van der Waals surface area contributed by atoms with E-state index in [1.807, 2.05) is 0 Å². The highest BCUT2D eigenvalue weighted by molar-refractivity contribution is 7.89. The van der Waals surface area contributed by atoms with E-state index in [1.54, 1.807) is 0 Å². The molecule has 0 radical (unpaired) electrons. The number of alkyl halides is 3. The van der Waals surface area contributed by atoms with Crippen molar-refractivity contribution in [2.75, 3.05) is 5.75 Å². The average Bonchev–Trinajstić information content (AvgIpc) is 2.95. The van der Waals surface area contributed by atoms with Gasteiger partial charge in [-0.25, -0.2) is 17.5 Å². The minimum atomic E-state index is -4.82. The zero-order chi connectivity index (χ0) is 17.3. The molecular weight excluding hydrogens is 342 g/mol. The van der Waals surface area contributed by atoms with E-state index in [4.69, 9.17) is 0 Å². The van der Waals surface area contributed by atoms with E-state index in [9.17, 15) is 26.0 Å². The number of benzene rings is 1. The predicted molar refractivity (Wildman–Crippen MR) is 71.0 cm³/mol. The van der Waals surface area contributed by atoms with Gasteiger partial charge in [0.2, 0.25) is 15.8 Å². The largest absolute Gasteiger partial charge is 0.471 e. The zero-order valence-electron chi connectivity index (χ0n) is 11.7. The fraction of sp³-hybridized carbons (Fsp3) is 0.333. The summed E-state index contributed by atoms with van der Waals surface area (Å²) in [6.07, 6.45) is -4.82. The third kappa shape index (κ3) is 4.26. The Labute approximate surface area is 128 Å². The lowest BCUT2D eigenvalue weighted by Crippen LogP contribution is -2.24. The van der Waals surface area contributed by atoms with Crippen LogP contribution in [0.1, 0.15) is 18.4 Å². The van der Waals surface area contributed by atoms with Crippen LogP contribution in [0.5, 0.6) is 0 Å². The highest BCUT2D eigenvalue weighted by Crippen LogP contribution is 2.30. The molecule has 6 nitrogen and oxygen atoms in total. The van der Waals surface area contributed by atoms with Crippen molar-refractivity contribution in [3.63, 3.8) is 0 Å².